The van der Waals surface area contributed by atoms with Crippen LogP contribution in [0.25, 0.3) is 38.0 Å². The van der Waals surface area contributed by atoms with Gasteiger partial charge < -0.3 is 4.98 Å². The molecule has 0 saturated carbocycles. The van der Waals surface area contributed by atoms with Gasteiger partial charge in [-0.15, -0.1) is 11.3 Å². The molecule has 3 heteroatoms. The summed E-state index contributed by atoms with van der Waals surface area (Å²) in [5, 5.41) is 3.41. The zero-order valence-electron chi connectivity index (χ0n) is 12.1. The summed E-state index contributed by atoms with van der Waals surface area (Å²) in [6.45, 7) is 2.25. The largest absolute Gasteiger partial charge is 0.354 e. The molecule has 1 atom stereocenters. The molecule has 5 rings (SSSR count). The first-order valence-electron chi connectivity index (χ1n) is 7.54. The van der Waals surface area contributed by atoms with Crippen molar-refractivity contribution in [2.75, 3.05) is 0 Å². The van der Waals surface area contributed by atoms with E-state index in [9.17, 15) is 4.39 Å². The van der Waals surface area contributed by atoms with E-state index in [1.165, 1.54) is 26.6 Å². The van der Waals surface area contributed by atoms with Crippen LogP contribution in [-0.2, 0) is 6.42 Å². The Kier molecular flexibility index (Phi) is 2.37. The number of hydrogen-bond acceptors (Lipinski definition) is 1. The van der Waals surface area contributed by atoms with Crippen molar-refractivity contribution in [2.45, 2.75) is 13.3 Å². The summed E-state index contributed by atoms with van der Waals surface area (Å²) in [6.07, 6.45) is 5.62. The first kappa shape index (κ1) is 12.4. The Labute approximate surface area is 131 Å². The van der Waals surface area contributed by atoms with E-state index in [1.807, 2.05) is 17.4 Å². The molecule has 1 N–H and O–H groups in total. The quantitative estimate of drug-likeness (QED) is 0.417. The summed E-state index contributed by atoms with van der Waals surface area (Å²) in [5.41, 5.74) is 3.59. The van der Waals surface area contributed by atoms with Crippen LogP contribution in [0, 0.1) is 11.7 Å². The van der Waals surface area contributed by atoms with Crippen LogP contribution in [-0.4, -0.2) is 4.98 Å². The van der Waals surface area contributed by atoms with E-state index in [0.717, 1.165) is 28.2 Å². The van der Waals surface area contributed by atoms with Gasteiger partial charge in [0, 0.05) is 31.3 Å². The average Bonchev–Trinajstić information content (AvgIpc) is 3.04. The van der Waals surface area contributed by atoms with Crippen LogP contribution in [0.4, 0.5) is 4.39 Å². The molecule has 1 aliphatic carbocycles. The highest BCUT2D eigenvalue weighted by Crippen LogP contribution is 2.42. The van der Waals surface area contributed by atoms with Crippen molar-refractivity contribution in [2.24, 2.45) is 5.92 Å². The molecule has 0 amide bonds. The van der Waals surface area contributed by atoms with Gasteiger partial charge in [0.25, 0.3) is 0 Å². The monoisotopic (exact) mass is 307 g/mol. The number of thiophene rings is 1. The van der Waals surface area contributed by atoms with Gasteiger partial charge in [0.1, 0.15) is 5.82 Å². The highest BCUT2D eigenvalue weighted by Gasteiger charge is 2.19. The lowest BCUT2D eigenvalue weighted by Gasteiger charge is -2.12. The highest BCUT2D eigenvalue weighted by atomic mass is 32.1. The minimum Gasteiger partial charge on any atom is -0.354 e. The van der Waals surface area contributed by atoms with Crippen LogP contribution in [0.2, 0.25) is 0 Å². The lowest BCUT2D eigenvalue weighted by atomic mass is 9.93. The molecule has 22 heavy (non-hydrogen) atoms. The first-order chi connectivity index (χ1) is 10.7. The van der Waals surface area contributed by atoms with Crippen molar-refractivity contribution in [3.63, 3.8) is 0 Å². The Morgan fingerprint density at radius 3 is 3.00 bits per heavy atom. The Morgan fingerprint density at radius 2 is 2.09 bits per heavy atom. The molecular formula is C19H14FNS. The number of fused-ring (bicyclic) bond motifs is 7. The van der Waals surface area contributed by atoms with Gasteiger partial charge in [0.05, 0.1) is 5.52 Å². The molecule has 2 aromatic heterocycles. The summed E-state index contributed by atoms with van der Waals surface area (Å²) < 4.78 is 14.9. The molecule has 0 fully saturated rings. The van der Waals surface area contributed by atoms with Gasteiger partial charge in [-0.1, -0.05) is 19.1 Å². The number of hydrogen-bond donors (Lipinski definition) is 1. The van der Waals surface area contributed by atoms with Gasteiger partial charge in [-0.3, -0.25) is 0 Å². The van der Waals surface area contributed by atoms with Crippen molar-refractivity contribution < 1.29 is 4.39 Å². The number of nitrogens with one attached hydrogen (secondary N) is 1. The Bertz CT molecular complexity index is 1080. The summed E-state index contributed by atoms with van der Waals surface area (Å²) in [5.74, 6) is 0.389. The predicted octanol–water partition coefficient (Wildman–Crippen LogP) is 5.88. The van der Waals surface area contributed by atoms with Crippen LogP contribution in [0.3, 0.4) is 0 Å². The molecule has 4 aromatic rings. The van der Waals surface area contributed by atoms with Crippen LogP contribution in [0.5, 0.6) is 0 Å². The van der Waals surface area contributed by atoms with Crippen LogP contribution in [0.15, 0.2) is 36.4 Å². The molecule has 108 valence electrons. The smallest absolute Gasteiger partial charge is 0.123 e. The number of benzene rings is 2. The summed E-state index contributed by atoms with van der Waals surface area (Å²) in [6, 6.07) is 9.27. The zero-order valence-corrected chi connectivity index (χ0v) is 12.9. The molecule has 0 bridgehead atoms. The second-order valence-electron chi connectivity index (χ2n) is 6.16. The third kappa shape index (κ3) is 1.57. The number of aromatic nitrogens is 1. The van der Waals surface area contributed by atoms with E-state index in [2.05, 4.69) is 36.2 Å². The lowest BCUT2D eigenvalue weighted by molar-refractivity contribution is 0.630. The van der Waals surface area contributed by atoms with Gasteiger partial charge in [-0.2, -0.15) is 0 Å². The number of aromatic amines is 1. The summed E-state index contributed by atoms with van der Waals surface area (Å²) in [4.78, 5) is 4.88. The molecule has 1 aliphatic rings. The van der Waals surface area contributed by atoms with Crippen LogP contribution < -0.4 is 0 Å². The maximum absolute atomic E-state index is 13.6. The average molecular weight is 307 g/mol. The van der Waals surface area contributed by atoms with Crippen LogP contribution in [0.1, 0.15) is 17.4 Å². The molecule has 0 aliphatic heterocycles. The standard InChI is InChI=1S/C19H14FNS/c1-10-2-6-16-14(8-10)18-17(22-16)7-4-12-13-9-11(20)3-5-15(13)21-19(12)18/h2-7,9-10,21H,8H2,1H3. The van der Waals surface area contributed by atoms with Gasteiger partial charge in [-0.25, -0.2) is 4.39 Å². The predicted molar refractivity (Wildman–Crippen MR) is 93.0 cm³/mol. The Balaban J connectivity index is 1.97. The molecule has 2 aromatic carbocycles. The number of halogens is 1. The molecule has 1 unspecified atom stereocenters. The highest BCUT2D eigenvalue weighted by molar-refractivity contribution is 7.20. The first-order valence-corrected chi connectivity index (χ1v) is 8.36. The molecule has 2 heterocycles. The van der Waals surface area contributed by atoms with E-state index in [4.69, 9.17) is 0 Å². The van der Waals surface area contributed by atoms with Crippen molar-refractivity contribution in [1.29, 1.82) is 0 Å². The third-order valence-corrected chi connectivity index (χ3v) is 5.78. The maximum Gasteiger partial charge on any atom is 0.123 e. The van der Waals surface area contributed by atoms with E-state index in [-0.39, 0.29) is 5.82 Å². The molecule has 1 nitrogen and oxygen atoms in total. The van der Waals surface area contributed by atoms with Crippen molar-refractivity contribution >= 4 is 49.3 Å². The second-order valence-corrected chi connectivity index (χ2v) is 7.25. The fourth-order valence-electron chi connectivity index (χ4n) is 3.59. The SMILES string of the molecule is CC1C=Cc2sc3ccc4c5cc(F)ccc5[nH]c4c3c2C1. The van der Waals surface area contributed by atoms with Crippen molar-refractivity contribution in [1.82, 2.24) is 4.98 Å². The zero-order chi connectivity index (χ0) is 14.8. The van der Waals surface area contributed by atoms with Gasteiger partial charge in [0.2, 0.25) is 0 Å². The third-order valence-electron chi connectivity index (χ3n) is 4.62. The van der Waals surface area contributed by atoms with Crippen LogP contribution >= 0.6 is 11.3 Å². The lowest BCUT2D eigenvalue weighted by Crippen LogP contribution is -2.00. The normalized spacial score (nSPS) is 17.6. The minimum absolute atomic E-state index is 0.183. The number of allylic oxidation sites excluding steroid dienone is 1. The van der Waals surface area contributed by atoms with Crippen molar-refractivity contribution in [3.8, 4) is 0 Å². The fourth-order valence-corrected chi connectivity index (χ4v) is 4.74. The molecular weight excluding hydrogens is 293 g/mol. The summed E-state index contributed by atoms with van der Waals surface area (Å²) in [7, 11) is 0. The molecule has 0 saturated heterocycles. The van der Waals surface area contributed by atoms with E-state index >= 15 is 0 Å². The Morgan fingerprint density at radius 1 is 1.18 bits per heavy atom. The van der Waals surface area contributed by atoms with Crippen molar-refractivity contribution in [3.05, 3.63) is 52.7 Å². The van der Waals surface area contributed by atoms with E-state index in [0.29, 0.717) is 5.92 Å². The molecule has 0 spiro atoms. The number of rotatable bonds is 0. The topological polar surface area (TPSA) is 15.8 Å². The van der Waals surface area contributed by atoms with E-state index in [1.54, 1.807) is 6.07 Å². The van der Waals surface area contributed by atoms with Gasteiger partial charge in [-0.05, 0) is 48.2 Å². The van der Waals surface area contributed by atoms with E-state index < -0.39 is 0 Å². The minimum atomic E-state index is -0.183. The number of H-pyrrole nitrogens is 1. The fraction of sp³-hybridized carbons (Fsp3) is 0.158. The van der Waals surface area contributed by atoms with Gasteiger partial charge in [0.15, 0.2) is 0 Å². The second kappa shape index (κ2) is 4.20. The molecule has 0 radical (unpaired) electrons. The maximum atomic E-state index is 13.6. The Hall–Kier alpha value is -2.13. The van der Waals surface area contributed by atoms with Gasteiger partial charge >= 0.3 is 0 Å². The summed E-state index contributed by atoms with van der Waals surface area (Å²) >= 11 is 1.85.